The fourth-order valence-corrected chi connectivity index (χ4v) is 1.53. The molecule has 5 nitrogen and oxygen atoms in total. The Balaban J connectivity index is 2.81. The molecule has 0 saturated heterocycles. The summed E-state index contributed by atoms with van der Waals surface area (Å²) in [6.07, 6.45) is -2.39. The van der Waals surface area contributed by atoms with Gasteiger partial charge in [-0.15, -0.1) is 0 Å². The lowest BCUT2D eigenvalue weighted by Crippen LogP contribution is -2.20. The van der Waals surface area contributed by atoms with E-state index in [1.807, 2.05) is 0 Å². The summed E-state index contributed by atoms with van der Waals surface area (Å²) in [7, 11) is 0. The number of nitrogens with one attached hydrogen (secondary N) is 1. The minimum absolute atomic E-state index is 0.114. The molecule has 0 unspecified atom stereocenters. The highest BCUT2D eigenvalue weighted by Crippen LogP contribution is 2.31. The molecule has 2 rings (SSSR count). The van der Waals surface area contributed by atoms with Gasteiger partial charge < -0.3 is 0 Å². The maximum absolute atomic E-state index is 12.5. The summed E-state index contributed by atoms with van der Waals surface area (Å²) < 4.78 is 38.1. The fourth-order valence-electron chi connectivity index (χ4n) is 1.16. The molecular formula is C7H5F3N4OS. The van der Waals surface area contributed by atoms with Crippen molar-refractivity contribution >= 4 is 17.4 Å². The first kappa shape index (κ1) is 11.0. The van der Waals surface area contributed by atoms with E-state index in [2.05, 4.69) is 15.1 Å². The summed E-state index contributed by atoms with van der Waals surface area (Å²) in [5.41, 5.74) is -2.25. The molecule has 0 atom stereocenters. The second kappa shape index (κ2) is 3.51. The SMILES string of the molecule is CSc1nc2c(C(F)(F)F)cnn2c(=O)[nH]1. The molecule has 2 aromatic heterocycles. The molecule has 0 spiro atoms. The minimum Gasteiger partial charge on any atom is -0.285 e. The molecule has 0 aliphatic rings. The van der Waals surface area contributed by atoms with Crippen molar-refractivity contribution in [3.63, 3.8) is 0 Å². The van der Waals surface area contributed by atoms with Crippen LogP contribution < -0.4 is 5.69 Å². The van der Waals surface area contributed by atoms with Gasteiger partial charge in [0.2, 0.25) is 0 Å². The number of alkyl halides is 3. The predicted octanol–water partition coefficient (Wildman–Crippen LogP) is 1.16. The van der Waals surface area contributed by atoms with Gasteiger partial charge in [-0.3, -0.25) is 4.98 Å². The number of hydrogen-bond donors (Lipinski definition) is 1. The molecule has 0 aliphatic heterocycles. The smallest absolute Gasteiger partial charge is 0.285 e. The van der Waals surface area contributed by atoms with Gasteiger partial charge in [0, 0.05) is 0 Å². The van der Waals surface area contributed by atoms with E-state index < -0.39 is 23.1 Å². The Morgan fingerprint density at radius 2 is 2.19 bits per heavy atom. The number of rotatable bonds is 1. The van der Waals surface area contributed by atoms with Crippen molar-refractivity contribution < 1.29 is 13.2 Å². The van der Waals surface area contributed by atoms with Crippen LogP contribution in [0.15, 0.2) is 16.1 Å². The van der Waals surface area contributed by atoms with Gasteiger partial charge in [-0.1, -0.05) is 11.8 Å². The standard InChI is InChI=1S/C7H5F3N4OS/c1-16-5-12-4-3(7(8,9)10)2-11-14(4)6(15)13-5/h2H,1H3,(H,12,13,15). The topological polar surface area (TPSA) is 63.1 Å². The van der Waals surface area contributed by atoms with Crippen molar-refractivity contribution in [1.82, 2.24) is 19.6 Å². The number of thioether (sulfide) groups is 1. The molecule has 0 radical (unpaired) electrons. The van der Waals surface area contributed by atoms with Crippen molar-refractivity contribution in [2.24, 2.45) is 0 Å². The molecule has 0 saturated carbocycles. The number of H-pyrrole nitrogens is 1. The minimum atomic E-state index is -4.57. The first-order chi connectivity index (χ1) is 7.43. The highest BCUT2D eigenvalue weighted by molar-refractivity contribution is 7.98. The van der Waals surface area contributed by atoms with Crippen LogP contribution >= 0.6 is 11.8 Å². The zero-order valence-corrected chi connectivity index (χ0v) is 8.69. The Morgan fingerprint density at radius 1 is 1.50 bits per heavy atom. The number of nitrogens with zero attached hydrogens (tertiary/aromatic N) is 3. The van der Waals surface area contributed by atoms with Gasteiger partial charge in [0.25, 0.3) is 0 Å². The lowest BCUT2D eigenvalue weighted by atomic mass is 10.3. The summed E-state index contributed by atoms with van der Waals surface area (Å²) in [4.78, 5) is 17.3. The zero-order valence-electron chi connectivity index (χ0n) is 7.87. The third-order valence-corrected chi connectivity index (χ3v) is 2.44. The van der Waals surface area contributed by atoms with E-state index in [9.17, 15) is 18.0 Å². The Bertz CT molecular complexity index is 587. The largest absolute Gasteiger partial charge is 0.421 e. The second-order valence-electron chi connectivity index (χ2n) is 2.84. The molecule has 0 aromatic carbocycles. The second-order valence-corrected chi connectivity index (χ2v) is 3.64. The number of hydrogen-bond acceptors (Lipinski definition) is 4. The summed E-state index contributed by atoms with van der Waals surface area (Å²) >= 11 is 1.05. The molecular weight excluding hydrogens is 245 g/mol. The van der Waals surface area contributed by atoms with E-state index in [4.69, 9.17) is 0 Å². The van der Waals surface area contributed by atoms with Gasteiger partial charge in [-0.2, -0.15) is 22.8 Å². The molecule has 1 N–H and O–H groups in total. The van der Waals surface area contributed by atoms with Crippen LogP contribution in [0.2, 0.25) is 0 Å². The van der Waals surface area contributed by atoms with Crippen molar-refractivity contribution in [3.05, 3.63) is 22.2 Å². The summed E-state index contributed by atoms with van der Waals surface area (Å²) in [6, 6.07) is 0. The lowest BCUT2D eigenvalue weighted by Gasteiger charge is -2.03. The monoisotopic (exact) mass is 250 g/mol. The Labute approximate surface area is 90.7 Å². The first-order valence-corrected chi connectivity index (χ1v) is 5.25. The number of halogens is 3. The molecule has 0 fully saturated rings. The maximum Gasteiger partial charge on any atom is 0.421 e. The molecule has 0 amide bonds. The summed E-state index contributed by atoms with van der Waals surface area (Å²) in [6.45, 7) is 0. The highest BCUT2D eigenvalue weighted by atomic mass is 32.2. The maximum atomic E-state index is 12.5. The average Bonchev–Trinajstić information content (AvgIpc) is 2.60. The summed E-state index contributed by atoms with van der Waals surface area (Å²) in [5, 5.41) is 3.46. The van der Waals surface area contributed by atoms with Crippen LogP contribution in [0.5, 0.6) is 0 Å². The van der Waals surface area contributed by atoms with E-state index in [0.29, 0.717) is 10.7 Å². The van der Waals surface area contributed by atoms with E-state index >= 15 is 0 Å². The average molecular weight is 250 g/mol. The predicted molar refractivity (Wildman–Crippen MR) is 50.4 cm³/mol. The van der Waals surface area contributed by atoms with Crippen LogP contribution in [0.25, 0.3) is 5.65 Å². The molecule has 2 aromatic rings. The van der Waals surface area contributed by atoms with E-state index in [1.54, 1.807) is 6.26 Å². The van der Waals surface area contributed by atoms with Crippen molar-refractivity contribution in [2.45, 2.75) is 11.3 Å². The third-order valence-electron chi connectivity index (χ3n) is 1.86. The fraction of sp³-hybridized carbons (Fsp3) is 0.286. The van der Waals surface area contributed by atoms with Crippen LogP contribution in [-0.4, -0.2) is 25.8 Å². The van der Waals surface area contributed by atoms with Gasteiger partial charge >= 0.3 is 11.9 Å². The van der Waals surface area contributed by atoms with E-state index in [-0.39, 0.29) is 5.16 Å². The Kier molecular flexibility index (Phi) is 2.41. The van der Waals surface area contributed by atoms with Gasteiger partial charge in [0.05, 0.1) is 6.20 Å². The van der Waals surface area contributed by atoms with E-state index in [0.717, 1.165) is 11.8 Å². The normalized spacial score (nSPS) is 12.2. The van der Waals surface area contributed by atoms with Crippen molar-refractivity contribution in [1.29, 1.82) is 0 Å². The highest BCUT2D eigenvalue weighted by Gasteiger charge is 2.35. The van der Waals surface area contributed by atoms with Crippen LogP contribution in [0.3, 0.4) is 0 Å². The Morgan fingerprint density at radius 3 is 2.75 bits per heavy atom. The van der Waals surface area contributed by atoms with Crippen LogP contribution in [0.4, 0.5) is 13.2 Å². The van der Waals surface area contributed by atoms with Crippen molar-refractivity contribution in [2.75, 3.05) is 6.26 Å². The quantitative estimate of drug-likeness (QED) is 0.771. The lowest BCUT2D eigenvalue weighted by molar-refractivity contribution is -0.136. The van der Waals surface area contributed by atoms with Gasteiger partial charge in [0.15, 0.2) is 10.8 Å². The molecule has 2 heterocycles. The van der Waals surface area contributed by atoms with Crippen LogP contribution in [0.1, 0.15) is 5.56 Å². The van der Waals surface area contributed by atoms with E-state index in [1.165, 1.54) is 0 Å². The summed E-state index contributed by atoms with van der Waals surface area (Å²) in [5.74, 6) is 0. The zero-order chi connectivity index (χ0) is 11.9. The van der Waals surface area contributed by atoms with Gasteiger partial charge in [0.1, 0.15) is 5.56 Å². The molecule has 0 bridgehead atoms. The molecule has 16 heavy (non-hydrogen) atoms. The number of aromatic nitrogens is 4. The van der Waals surface area contributed by atoms with Gasteiger partial charge in [-0.25, -0.2) is 9.78 Å². The van der Waals surface area contributed by atoms with Crippen LogP contribution in [-0.2, 0) is 6.18 Å². The molecule has 86 valence electrons. The van der Waals surface area contributed by atoms with Gasteiger partial charge in [-0.05, 0) is 6.26 Å². The van der Waals surface area contributed by atoms with Crippen molar-refractivity contribution in [3.8, 4) is 0 Å². The molecule has 0 aliphatic carbocycles. The number of aromatic amines is 1. The third kappa shape index (κ3) is 1.66. The Hall–Kier alpha value is -1.51. The molecule has 9 heteroatoms. The first-order valence-electron chi connectivity index (χ1n) is 4.02. The number of fused-ring (bicyclic) bond motifs is 1. The van der Waals surface area contributed by atoms with Crippen LogP contribution in [0, 0.1) is 0 Å².